The quantitative estimate of drug-likeness (QED) is 0.653. The highest BCUT2D eigenvalue weighted by Gasteiger charge is 2.19. The first-order valence-electron chi connectivity index (χ1n) is 7.06. The maximum absolute atomic E-state index is 12.3. The average molecular weight is 284 g/mol. The van der Waals surface area contributed by atoms with Crippen LogP contribution in [-0.4, -0.2) is 37.0 Å². The minimum atomic E-state index is -0.211. The first-order chi connectivity index (χ1) is 10.1. The molecule has 1 fully saturated rings. The summed E-state index contributed by atoms with van der Waals surface area (Å²) in [7, 11) is 0. The summed E-state index contributed by atoms with van der Waals surface area (Å²) < 4.78 is 0. The first-order valence-corrected chi connectivity index (χ1v) is 7.06. The molecule has 1 saturated heterocycles. The lowest BCUT2D eigenvalue weighted by atomic mass is 10.1. The van der Waals surface area contributed by atoms with Crippen LogP contribution >= 0.6 is 0 Å². The van der Waals surface area contributed by atoms with Crippen molar-refractivity contribution in [3.63, 3.8) is 0 Å². The molecule has 1 aromatic carbocycles. The smallest absolute Gasteiger partial charge is 0.266 e. The lowest BCUT2D eigenvalue weighted by Crippen LogP contribution is -2.46. The van der Waals surface area contributed by atoms with Crippen molar-refractivity contribution in [1.29, 1.82) is 5.26 Å². The van der Waals surface area contributed by atoms with E-state index in [4.69, 9.17) is 0 Å². The molecule has 1 aliphatic heterocycles. The highest BCUT2D eigenvalue weighted by atomic mass is 16.2. The van der Waals surface area contributed by atoms with Gasteiger partial charge in [-0.1, -0.05) is 12.1 Å². The van der Waals surface area contributed by atoms with Gasteiger partial charge in [0.2, 0.25) is 0 Å². The number of carbonyl (C=O) groups is 1. The van der Waals surface area contributed by atoms with Gasteiger partial charge in [-0.3, -0.25) is 4.79 Å². The van der Waals surface area contributed by atoms with Crippen molar-refractivity contribution >= 4 is 11.6 Å². The fourth-order valence-corrected chi connectivity index (χ4v) is 2.24. The summed E-state index contributed by atoms with van der Waals surface area (Å²) in [6.45, 7) is 6.86. The number of aryl methyl sites for hydroxylation is 1. The van der Waals surface area contributed by atoms with Crippen molar-refractivity contribution in [3.05, 3.63) is 41.1 Å². The first kappa shape index (κ1) is 15.1. The van der Waals surface area contributed by atoms with Crippen LogP contribution in [0.5, 0.6) is 0 Å². The van der Waals surface area contributed by atoms with Gasteiger partial charge in [-0.2, -0.15) is 5.26 Å². The van der Waals surface area contributed by atoms with E-state index < -0.39 is 0 Å². The van der Waals surface area contributed by atoms with Gasteiger partial charge in [0.15, 0.2) is 0 Å². The second-order valence-electron chi connectivity index (χ2n) is 5.10. The maximum atomic E-state index is 12.3. The number of amides is 1. The van der Waals surface area contributed by atoms with E-state index in [-0.39, 0.29) is 11.5 Å². The minimum Gasteiger partial charge on any atom is -0.360 e. The molecule has 0 atom stereocenters. The lowest BCUT2D eigenvalue weighted by molar-refractivity contribution is -0.127. The molecule has 0 aliphatic carbocycles. The Labute approximate surface area is 125 Å². The monoisotopic (exact) mass is 284 g/mol. The van der Waals surface area contributed by atoms with Crippen LogP contribution in [0.1, 0.15) is 11.1 Å². The van der Waals surface area contributed by atoms with Crippen molar-refractivity contribution in [2.75, 3.05) is 31.5 Å². The average Bonchev–Trinajstić information content (AvgIpc) is 2.52. The van der Waals surface area contributed by atoms with Gasteiger partial charge < -0.3 is 15.5 Å². The number of nitrogens with one attached hydrogen (secondary N) is 2. The van der Waals surface area contributed by atoms with E-state index in [0.29, 0.717) is 13.1 Å². The van der Waals surface area contributed by atoms with E-state index in [0.717, 1.165) is 24.3 Å². The van der Waals surface area contributed by atoms with Crippen molar-refractivity contribution < 1.29 is 4.79 Å². The van der Waals surface area contributed by atoms with Crippen molar-refractivity contribution in [2.24, 2.45) is 0 Å². The van der Waals surface area contributed by atoms with Gasteiger partial charge in [0.1, 0.15) is 11.6 Å². The van der Waals surface area contributed by atoms with Crippen LogP contribution in [0, 0.1) is 25.2 Å². The number of anilines is 1. The van der Waals surface area contributed by atoms with Crippen LogP contribution in [0.25, 0.3) is 0 Å². The summed E-state index contributed by atoms with van der Waals surface area (Å²) in [5.41, 5.74) is 3.33. The van der Waals surface area contributed by atoms with E-state index >= 15 is 0 Å². The predicted molar refractivity (Wildman–Crippen MR) is 82.7 cm³/mol. The van der Waals surface area contributed by atoms with Gasteiger partial charge in [-0.15, -0.1) is 0 Å². The van der Waals surface area contributed by atoms with E-state index in [1.54, 1.807) is 4.90 Å². The second kappa shape index (κ2) is 6.91. The summed E-state index contributed by atoms with van der Waals surface area (Å²) in [4.78, 5) is 14.0. The van der Waals surface area contributed by atoms with Crippen LogP contribution in [-0.2, 0) is 4.79 Å². The topological polar surface area (TPSA) is 68.2 Å². The molecule has 0 bridgehead atoms. The highest BCUT2D eigenvalue weighted by molar-refractivity contribution is 5.97. The van der Waals surface area contributed by atoms with Gasteiger partial charge in [0.05, 0.1) is 0 Å². The molecule has 5 nitrogen and oxygen atoms in total. The third-order valence-corrected chi connectivity index (χ3v) is 3.73. The van der Waals surface area contributed by atoms with Gasteiger partial charge in [-0.25, -0.2) is 0 Å². The molecule has 1 aromatic rings. The molecule has 110 valence electrons. The molecule has 2 rings (SSSR count). The Bertz CT molecular complexity index is 595. The Kier molecular flexibility index (Phi) is 4.96. The Hall–Kier alpha value is -2.32. The molecular formula is C16H20N4O. The lowest BCUT2D eigenvalue weighted by Gasteiger charge is -2.27. The van der Waals surface area contributed by atoms with Crippen molar-refractivity contribution in [2.45, 2.75) is 13.8 Å². The van der Waals surface area contributed by atoms with Gasteiger partial charge >= 0.3 is 0 Å². The molecule has 0 aromatic heterocycles. The molecule has 1 heterocycles. The molecule has 0 spiro atoms. The van der Waals surface area contributed by atoms with E-state index in [1.165, 1.54) is 11.8 Å². The van der Waals surface area contributed by atoms with Crippen molar-refractivity contribution in [1.82, 2.24) is 10.2 Å². The van der Waals surface area contributed by atoms with Crippen molar-refractivity contribution in [3.8, 4) is 6.07 Å². The molecule has 0 unspecified atom stereocenters. The molecule has 2 N–H and O–H groups in total. The third-order valence-electron chi connectivity index (χ3n) is 3.73. The highest BCUT2D eigenvalue weighted by Crippen LogP contribution is 2.18. The number of nitrogens with zero attached hydrogens (tertiary/aromatic N) is 2. The fraction of sp³-hybridized carbons (Fsp3) is 0.375. The van der Waals surface area contributed by atoms with Gasteiger partial charge in [0.25, 0.3) is 5.91 Å². The number of nitriles is 1. The number of hydrogen-bond donors (Lipinski definition) is 2. The number of piperazine rings is 1. The zero-order valence-electron chi connectivity index (χ0n) is 12.4. The number of hydrogen-bond acceptors (Lipinski definition) is 4. The normalized spacial score (nSPS) is 15.5. The Morgan fingerprint density at radius 1 is 1.38 bits per heavy atom. The molecule has 5 heteroatoms. The van der Waals surface area contributed by atoms with E-state index in [2.05, 4.69) is 10.6 Å². The van der Waals surface area contributed by atoms with E-state index in [9.17, 15) is 10.1 Å². The standard InChI is InChI=1S/C16H20N4O/c1-12-4-3-5-15(13(12)2)19-11-14(10-17)16(21)20-8-6-18-7-9-20/h3-5,11,18-19H,6-9H2,1-2H3/b14-11-. The molecule has 1 amide bonds. The predicted octanol–water partition coefficient (Wildman–Crippen LogP) is 1.55. The summed E-state index contributed by atoms with van der Waals surface area (Å²) >= 11 is 0. The zero-order valence-corrected chi connectivity index (χ0v) is 12.4. The molecule has 1 aliphatic rings. The molecule has 21 heavy (non-hydrogen) atoms. The largest absolute Gasteiger partial charge is 0.360 e. The zero-order chi connectivity index (χ0) is 15.2. The van der Waals surface area contributed by atoms with Crippen LogP contribution in [0.15, 0.2) is 30.0 Å². The summed E-state index contributed by atoms with van der Waals surface area (Å²) in [6, 6.07) is 7.90. The van der Waals surface area contributed by atoms with Crippen LogP contribution in [0.3, 0.4) is 0 Å². The van der Waals surface area contributed by atoms with Gasteiger partial charge in [-0.05, 0) is 31.0 Å². The number of carbonyl (C=O) groups excluding carboxylic acids is 1. The van der Waals surface area contributed by atoms with Gasteiger partial charge in [0, 0.05) is 38.1 Å². The summed E-state index contributed by atoms with van der Waals surface area (Å²) in [5.74, 6) is -0.211. The van der Waals surface area contributed by atoms with E-state index in [1.807, 2.05) is 38.1 Å². The van der Waals surface area contributed by atoms with Crippen LogP contribution in [0.4, 0.5) is 5.69 Å². The minimum absolute atomic E-state index is 0.137. The SMILES string of the molecule is Cc1cccc(N/C=C(/C#N)C(=O)N2CCNCC2)c1C. The molecule has 0 radical (unpaired) electrons. The summed E-state index contributed by atoms with van der Waals surface area (Å²) in [5, 5.41) is 15.5. The third kappa shape index (κ3) is 3.61. The Balaban J connectivity index is 2.11. The van der Waals surface area contributed by atoms with Crippen LogP contribution in [0.2, 0.25) is 0 Å². The maximum Gasteiger partial charge on any atom is 0.266 e. The van der Waals surface area contributed by atoms with Crippen LogP contribution < -0.4 is 10.6 Å². The number of rotatable bonds is 3. The summed E-state index contributed by atoms with van der Waals surface area (Å²) in [6.07, 6.45) is 1.51. The molecular weight excluding hydrogens is 264 g/mol. The Morgan fingerprint density at radius 3 is 2.76 bits per heavy atom. The number of benzene rings is 1. The Morgan fingerprint density at radius 2 is 2.10 bits per heavy atom. The second-order valence-corrected chi connectivity index (χ2v) is 5.10. The molecule has 0 saturated carbocycles. The fourth-order valence-electron chi connectivity index (χ4n) is 2.24.